The third-order valence-corrected chi connectivity index (χ3v) is 18.8. The van der Waals surface area contributed by atoms with E-state index < -0.39 is 175 Å². The molecule has 0 aliphatic carbocycles. The average Bonchev–Trinajstić information content (AvgIpc) is 0.908. The molecule has 0 spiro atoms. The molecular formula is C77H89N19O16. The number of guanidine groups is 1. The largest absolute Gasteiger partial charge is 0.508 e. The van der Waals surface area contributed by atoms with Gasteiger partial charge >= 0.3 is 5.97 Å². The Morgan fingerprint density at radius 1 is 0.571 bits per heavy atom. The first kappa shape index (κ1) is 82.3. The van der Waals surface area contributed by atoms with Crippen molar-refractivity contribution in [3.63, 3.8) is 0 Å². The predicted octanol–water partition coefficient (Wildman–Crippen LogP) is -1.63. The van der Waals surface area contributed by atoms with Gasteiger partial charge in [-0.15, -0.1) is 0 Å². The van der Waals surface area contributed by atoms with Gasteiger partial charge in [-0.2, -0.15) is 0 Å². The number of aromatic hydroxyl groups is 2. The number of aromatic nitrogens is 3. The van der Waals surface area contributed by atoms with Gasteiger partial charge in [-0.05, 0) is 102 Å². The van der Waals surface area contributed by atoms with Crippen molar-refractivity contribution in [3.8, 4) is 11.5 Å². The summed E-state index contributed by atoms with van der Waals surface area (Å²) in [5, 5.41) is 56.8. The lowest BCUT2D eigenvalue weighted by molar-refractivity contribution is -0.168. The van der Waals surface area contributed by atoms with Crippen LogP contribution in [0.2, 0.25) is 0 Å². The number of nitrogens with one attached hydrogen (secondary N) is 11. The van der Waals surface area contributed by atoms with E-state index in [1.807, 2.05) is 0 Å². The molecule has 8 aromatic rings. The molecule has 2 aromatic heterocycles. The van der Waals surface area contributed by atoms with E-state index >= 15 is 33.6 Å². The lowest BCUT2D eigenvalue weighted by Crippen LogP contribution is -2.72. The zero-order valence-electron chi connectivity index (χ0n) is 61.0. The highest BCUT2D eigenvalue weighted by molar-refractivity contribution is 6.03. The maximum atomic E-state index is 16.0. The highest BCUT2D eigenvalue weighted by Gasteiger charge is 2.51. The minimum atomic E-state index is -3.20. The quantitative estimate of drug-likeness (QED) is 0.0194. The number of hydrogen-bond acceptors (Lipinski definition) is 18. The van der Waals surface area contributed by atoms with Crippen molar-refractivity contribution in [1.29, 1.82) is 0 Å². The number of nitrogens with two attached hydrogens (primary N) is 5. The van der Waals surface area contributed by atoms with Crippen LogP contribution in [0.1, 0.15) is 73.0 Å². The second-order valence-electron chi connectivity index (χ2n) is 27.2. The number of nitrogens with zero attached hydrogens (tertiary/aromatic N) is 3. The van der Waals surface area contributed by atoms with Crippen LogP contribution >= 0.6 is 0 Å². The first-order chi connectivity index (χ1) is 53.4. The fourth-order valence-electron chi connectivity index (χ4n) is 12.9. The fraction of sp³-hybridized carbons (Fsp3) is 0.312. The number of rotatable bonds is 23. The van der Waals surface area contributed by atoms with Crippen LogP contribution < -0.4 is 76.5 Å². The Labute approximate surface area is 640 Å². The van der Waals surface area contributed by atoms with Crippen LogP contribution in [0, 0.1) is 0 Å². The lowest BCUT2D eigenvalue weighted by Gasteiger charge is -2.43. The number of imidazole rings is 1. The number of carbonyl (C=O) groups is 13. The summed E-state index contributed by atoms with van der Waals surface area (Å²) in [6, 6.07) is 19.1. The van der Waals surface area contributed by atoms with E-state index in [0.717, 1.165) is 13.8 Å². The van der Waals surface area contributed by atoms with E-state index in [4.69, 9.17) is 28.7 Å². The maximum absolute atomic E-state index is 16.0. The Balaban J connectivity index is 1.21. The van der Waals surface area contributed by atoms with Gasteiger partial charge < -0.3 is 102 Å². The third kappa shape index (κ3) is 22.2. The Kier molecular flexibility index (Phi) is 27.8. The van der Waals surface area contributed by atoms with Gasteiger partial charge in [0.2, 0.25) is 76.5 Å². The van der Waals surface area contributed by atoms with E-state index in [1.165, 1.54) is 73.2 Å². The number of phenols is 2. The molecule has 12 amide bonds. The minimum absolute atomic E-state index is 0.0190. The summed E-state index contributed by atoms with van der Waals surface area (Å²) < 4.78 is 0. The molecule has 0 saturated carbocycles. The molecule has 1 aliphatic rings. The molecule has 9 rings (SSSR count). The van der Waals surface area contributed by atoms with Gasteiger partial charge in [-0.25, -0.2) is 9.78 Å². The molecule has 1 fully saturated rings. The number of hydrogen-bond donors (Lipinski definition) is 19. The Morgan fingerprint density at radius 2 is 1.11 bits per heavy atom. The summed E-state index contributed by atoms with van der Waals surface area (Å²) in [7, 11) is 0. The van der Waals surface area contributed by atoms with Gasteiger partial charge in [0.05, 0.1) is 30.9 Å². The van der Waals surface area contributed by atoms with Crippen molar-refractivity contribution in [1.82, 2.24) is 67.7 Å². The molecule has 3 heterocycles. The van der Waals surface area contributed by atoms with Gasteiger partial charge in [-0.3, -0.25) is 67.4 Å². The highest BCUT2D eigenvalue weighted by Crippen LogP contribution is 2.27. The number of amides is 12. The van der Waals surface area contributed by atoms with Gasteiger partial charge in [0, 0.05) is 61.9 Å². The van der Waals surface area contributed by atoms with Crippen molar-refractivity contribution in [3.05, 3.63) is 198 Å². The number of carboxylic acids is 1. The number of H-pyrrole nitrogens is 2. The van der Waals surface area contributed by atoms with E-state index in [-0.39, 0.29) is 67.4 Å². The number of aromatic amines is 2. The summed E-state index contributed by atoms with van der Waals surface area (Å²) >= 11 is 0. The molecule has 0 radical (unpaired) electrons. The number of phenolic OH excluding ortho intramolecular Hbond substituents is 2. The molecule has 0 bridgehead atoms. The zero-order chi connectivity index (χ0) is 80.9. The number of benzene rings is 6. The molecule has 6 aromatic carbocycles. The SMILES string of the molecule is C[C@@H]1NC(=O)[C@H](CC(N)=O)NC(=O)[C@H](Cc2c[nH]c3ccccc23)NC(=O)[C@H](CCCN=C(N)N)NC(=O)[C@@H](Cc2cccc3ccccc23)NC(=O)[C@H](Cc2c[nH]cn2)NC(=O)[C@@H](NC(=O)[C@@H](N)Cc2ccc(O)cc2)CC(=O)N([C@@H](Cc2ccc(O)cc2)C(N)=O)[C@@](C)(C(=O)O)NC(=O)[C@H](Cc2ccccc2)NC1=O. The zero-order valence-corrected chi connectivity index (χ0v) is 61.0. The monoisotopic (exact) mass is 1540 g/mol. The van der Waals surface area contributed by atoms with Crippen molar-refractivity contribution in [2.24, 2.45) is 33.7 Å². The summed E-state index contributed by atoms with van der Waals surface area (Å²) in [4.78, 5) is 208. The normalized spacial score (nSPS) is 21.5. The number of primary amides is 2. The van der Waals surface area contributed by atoms with Crippen LogP contribution in [0.5, 0.6) is 11.5 Å². The summed E-state index contributed by atoms with van der Waals surface area (Å²) in [5.41, 5.74) is 29.1. The molecule has 1 aliphatic heterocycles. The number of carbonyl (C=O) groups excluding carboxylic acids is 12. The summed E-state index contributed by atoms with van der Waals surface area (Å²) in [6.07, 6.45) is -1.00. The van der Waals surface area contributed by atoms with Crippen LogP contribution in [0.4, 0.5) is 0 Å². The van der Waals surface area contributed by atoms with Crippen LogP contribution in [0.3, 0.4) is 0 Å². The van der Waals surface area contributed by atoms with Crippen molar-refractivity contribution in [2.45, 2.75) is 144 Å². The van der Waals surface area contributed by atoms with Gasteiger partial charge in [-0.1, -0.05) is 115 Å². The van der Waals surface area contributed by atoms with E-state index in [0.29, 0.717) is 48.8 Å². The Morgan fingerprint density at radius 3 is 1.72 bits per heavy atom. The van der Waals surface area contributed by atoms with Gasteiger partial charge in [0.15, 0.2) is 5.96 Å². The molecule has 588 valence electrons. The number of carboxylic acid groups (broad SMARTS) is 1. The molecule has 35 nitrogen and oxygen atoms in total. The fourth-order valence-corrected chi connectivity index (χ4v) is 12.9. The van der Waals surface area contributed by atoms with Crippen LogP contribution in [0.25, 0.3) is 21.7 Å². The number of aliphatic carboxylic acids is 1. The molecule has 11 atom stereocenters. The molecule has 0 unspecified atom stereocenters. The second kappa shape index (κ2) is 37.9. The van der Waals surface area contributed by atoms with Crippen molar-refractivity contribution in [2.75, 3.05) is 6.54 Å². The van der Waals surface area contributed by atoms with E-state index in [9.17, 15) is 44.1 Å². The van der Waals surface area contributed by atoms with Crippen molar-refractivity contribution < 1.29 is 77.6 Å². The van der Waals surface area contributed by atoms with Gasteiger partial charge in [0.25, 0.3) is 0 Å². The molecule has 112 heavy (non-hydrogen) atoms. The average molecular weight is 1540 g/mol. The van der Waals surface area contributed by atoms with E-state index in [2.05, 4.69) is 67.8 Å². The molecule has 35 heteroatoms. The van der Waals surface area contributed by atoms with Crippen LogP contribution in [0.15, 0.2) is 169 Å². The first-order valence-electron chi connectivity index (χ1n) is 35.7. The number of para-hydroxylation sites is 1. The number of fused-ring (bicyclic) bond motifs is 2. The Hall–Kier alpha value is -13.7. The third-order valence-electron chi connectivity index (χ3n) is 18.8. The summed E-state index contributed by atoms with van der Waals surface area (Å²) in [6.45, 7) is 1.84. The highest BCUT2D eigenvalue weighted by atomic mass is 16.4. The minimum Gasteiger partial charge on any atom is -0.508 e. The van der Waals surface area contributed by atoms with Crippen molar-refractivity contribution >= 4 is 104 Å². The standard InChI is InChI=1S/C77H89N19O16/c1-41-66(102)89-56(31-42-12-4-3-5-13-42)74(110)95-77(2,75(111)112)96(62(65(80)101)32-44-23-27-50(98)28-24-44)64(100)37-61(90-67(103)53(78)30-43-21-25-49(97)26-22-43)73(109)93-59(35-48-39-83-40-86-48)72(108)92-57(33-46-16-10-15-45-14-6-7-17-51(45)46)70(106)88-55(20-11-29-84-76(81)82)68(104)91-58(34-47-38-85-54-19-9-8-18-52(47)54)71(107)94-60(36-63(79)99)69(105)87-41/h3-10,12-19,21-28,38-41,53,55-62,85,97-98H,11,20,29-37,78H2,1-2H3,(H2,79,99)(H2,80,101)(H,83,86)(H,87,105)(H,88,106)(H,89,102)(H,90,103)(H,91,104)(H,92,108)(H,93,109)(H,94,107)(H,95,110)(H,111,112)(H4,81,82,84)/t41-,53-,55-,56-,57+,58-,59-,60-,61-,62-,77-/m0/s1. The second-order valence-corrected chi connectivity index (χ2v) is 27.2. The first-order valence-corrected chi connectivity index (χ1v) is 35.7. The Bertz CT molecular complexity index is 4780. The number of aliphatic imine (C=N–C) groups is 1. The lowest BCUT2D eigenvalue weighted by atomic mass is 9.96. The molecule has 1 saturated heterocycles. The van der Waals surface area contributed by atoms with Crippen LogP contribution in [-0.4, -0.2) is 191 Å². The molecule has 24 N–H and O–H groups in total. The van der Waals surface area contributed by atoms with Gasteiger partial charge in [0.1, 0.15) is 65.9 Å². The smallest absolute Gasteiger partial charge is 0.350 e. The molecular weight excluding hydrogens is 1450 g/mol. The van der Waals surface area contributed by atoms with E-state index in [1.54, 1.807) is 91.1 Å². The maximum Gasteiger partial charge on any atom is 0.350 e. The predicted molar refractivity (Wildman–Crippen MR) is 407 cm³/mol. The van der Waals surface area contributed by atoms with Crippen LogP contribution in [-0.2, 0) is 101 Å². The topological polar surface area (TPSA) is 581 Å². The summed E-state index contributed by atoms with van der Waals surface area (Å²) in [5.74, 6) is -17.4.